The van der Waals surface area contributed by atoms with Gasteiger partial charge in [0, 0.05) is 30.3 Å². The molecule has 118 valence electrons. The maximum atomic E-state index is 4.23. The predicted molar refractivity (Wildman–Crippen MR) is 106 cm³/mol. The van der Waals surface area contributed by atoms with Gasteiger partial charge in [0.25, 0.3) is 0 Å². The summed E-state index contributed by atoms with van der Waals surface area (Å²) in [7, 11) is 1.81. The first-order valence-corrected chi connectivity index (χ1v) is 7.91. The Morgan fingerprint density at radius 1 is 1.29 bits per heavy atom. The van der Waals surface area contributed by atoms with E-state index in [1.165, 1.54) is 4.90 Å². The van der Waals surface area contributed by atoms with E-state index in [0.29, 0.717) is 5.25 Å². The molecule has 1 aromatic rings. The van der Waals surface area contributed by atoms with E-state index < -0.39 is 0 Å². The van der Waals surface area contributed by atoms with Crippen molar-refractivity contribution < 1.29 is 0 Å². The average molecular weight is 419 g/mol. The van der Waals surface area contributed by atoms with Gasteiger partial charge in [-0.1, -0.05) is 37.3 Å². The predicted octanol–water partition coefficient (Wildman–Crippen LogP) is 3.92. The van der Waals surface area contributed by atoms with E-state index in [9.17, 15) is 0 Å². The van der Waals surface area contributed by atoms with Gasteiger partial charge < -0.3 is 10.6 Å². The Morgan fingerprint density at radius 2 is 2.00 bits per heavy atom. The number of thioether (sulfide) groups is 1. The van der Waals surface area contributed by atoms with Gasteiger partial charge in [-0.25, -0.2) is 0 Å². The van der Waals surface area contributed by atoms with Crippen LogP contribution in [-0.4, -0.2) is 31.3 Å². The van der Waals surface area contributed by atoms with Crippen LogP contribution in [0.25, 0.3) is 0 Å². The minimum absolute atomic E-state index is 0. The molecule has 0 saturated carbocycles. The molecule has 5 heteroatoms. The zero-order chi connectivity index (χ0) is 14.6. The molecule has 0 bridgehead atoms. The number of benzene rings is 1. The van der Waals surface area contributed by atoms with Crippen molar-refractivity contribution in [2.24, 2.45) is 4.99 Å². The normalized spacial score (nSPS) is 12.8. The lowest BCUT2D eigenvalue weighted by atomic mass is 10.4. The summed E-state index contributed by atoms with van der Waals surface area (Å²) < 4.78 is 0. The molecule has 0 fully saturated rings. The first-order valence-electron chi connectivity index (χ1n) is 7.03. The summed E-state index contributed by atoms with van der Waals surface area (Å²) in [5, 5.41) is 7.15. The molecule has 1 rings (SSSR count). The van der Waals surface area contributed by atoms with Crippen LogP contribution in [-0.2, 0) is 0 Å². The van der Waals surface area contributed by atoms with Crippen molar-refractivity contribution in [2.45, 2.75) is 30.4 Å². The van der Waals surface area contributed by atoms with Gasteiger partial charge in [0.05, 0.1) is 0 Å². The van der Waals surface area contributed by atoms with Gasteiger partial charge in [0.1, 0.15) is 0 Å². The third kappa shape index (κ3) is 9.79. The van der Waals surface area contributed by atoms with Crippen LogP contribution in [0.3, 0.4) is 0 Å². The standard InChI is InChI=1S/C16H25N3S.HI/c1-4-5-9-12-18-16(17-3)19-13-14(2)20-15-10-7-6-8-11-15;/h4-8,10-11,14H,9,12-13H2,1-3H3,(H2,17,18,19);1H/b5-4+;. The van der Waals surface area contributed by atoms with Crippen molar-refractivity contribution in [3.05, 3.63) is 42.5 Å². The van der Waals surface area contributed by atoms with Crippen molar-refractivity contribution in [3.8, 4) is 0 Å². The minimum atomic E-state index is 0. The van der Waals surface area contributed by atoms with Crippen LogP contribution in [0.2, 0.25) is 0 Å². The summed E-state index contributed by atoms with van der Waals surface area (Å²) in [6.45, 7) is 6.06. The molecule has 0 aliphatic heterocycles. The smallest absolute Gasteiger partial charge is 0.191 e. The monoisotopic (exact) mass is 419 g/mol. The van der Waals surface area contributed by atoms with Crippen LogP contribution >= 0.6 is 35.7 Å². The SMILES string of the molecule is C/C=C/CCNC(=NC)NCC(C)Sc1ccccc1.I. The fourth-order valence-electron chi connectivity index (χ4n) is 1.67. The minimum Gasteiger partial charge on any atom is -0.356 e. The molecule has 0 amide bonds. The molecule has 0 saturated heterocycles. The lowest BCUT2D eigenvalue weighted by Gasteiger charge is -2.15. The number of halogens is 1. The van der Waals surface area contributed by atoms with Gasteiger partial charge >= 0.3 is 0 Å². The van der Waals surface area contributed by atoms with Crippen molar-refractivity contribution in [3.63, 3.8) is 0 Å². The van der Waals surface area contributed by atoms with Gasteiger partial charge in [0.2, 0.25) is 0 Å². The zero-order valence-electron chi connectivity index (χ0n) is 13.0. The molecule has 3 nitrogen and oxygen atoms in total. The number of rotatable bonds is 7. The summed E-state index contributed by atoms with van der Waals surface area (Å²) in [6, 6.07) is 10.5. The topological polar surface area (TPSA) is 36.4 Å². The van der Waals surface area contributed by atoms with Crippen molar-refractivity contribution in [2.75, 3.05) is 20.1 Å². The van der Waals surface area contributed by atoms with E-state index in [2.05, 4.69) is 59.0 Å². The third-order valence-corrected chi connectivity index (χ3v) is 3.81. The Bertz CT molecular complexity index is 421. The van der Waals surface area contributed by atoms with E-state index in [0.717, 1.165) is 25.5 Å². The third-order valence-electron chi connectivity index (χ3n) is 2.70. The highest BCUT2D eigenvalue weighted by Gasteiger charge is 2.05. The Morgan fingerprint density at radius 3 is 2.62 bits per heavy atom. The molecule has 2 N–H and O–H groups in total. The molecule has 0 aliphatic rings. The zero-order valence-corrected chi connectivity index (χ0v) is 16.2. The van der Waals surface area contributed by atoms with E-state index in [1.54, 1.807) is 7.05 Å². The van der Waals surface area contributed by atoms with Crippen LogP contribution < -0.4 is 10.6 Å². The summed E-state index contributed by atoms with van der Waals surface area (Å²) in [5.41, 5.74) is 0. The quantitative estimate of drug-likeness (QED) is 0.176. The van der Waals surface area contributed by atoms with Gasteiger partial charge in [-0.2, -0.15) is 0 Å². The second-order valence-corrected chi connectivity index (χ2v) is 5.99. The van der Waals surface area contributed by atoms with Crippen molar-refractivity contribution in [1.82, 2.24) is 10.6 Å². The number of aliphatic imine (C=N–C) groups is 1. The molecule has 1 unspecified atom stereocenters. The van der Waals surface area contributed by atoms with Gasteiger partial charge in [-0.3, -0.25) is 4.99 Å². The van der Waals surface area contributed by atoms with Crippen molar-refractivity contribution >= 4 is 41.7 Å². The maximum Gasteiger partial charge on any atom is 0.191 e. The van der Waals surface area contributed by atoms with E-state index in [1.807, 2.05) is 24.8 Å². The van der Waals surface area contributed by atoms with Gasteiger partial charge in [0.15, 0.2) is 5.96 Å². The summed E-state index contributed by atoms with van der Waals surface area (Å²) in [4.78, 5) is 5.53. The Labute approximate surface area is 150 Å². The van der Waals surface area contributed by atoms with Crippen LogP contribution in [0.15, 0.2) is 52.4 Å². The number of nitrogens with zero attached hydrogens (tertiary/aromatic N) is 1. The number of nitrogens with one attached hydrogen (secondary N) is 2. The maximum absolute atomic E-state index is 4.23. The molecule has 0 aliphatic carbocycles. The Hall–Kier alpha value is -0.690. The van der Waals surface area contributed by atoms with Crippen LogP contribution in [0.4, 0.5) is 0 Å². The fraction of sp³-hybridized carbons (Fsp3) is 0.438. The Balaban J connectivity index is 0.00000400. The van der Waals surface area contributed by atoms with Gasteiger partial charge in [-0.05, 0) is 25.5 Å². The summed E-state index contributed by atoms with van der Waals surface area (Å²) >= 11 is 1.87. The number of allylic oxidation sites excluding steroid dienone is 1. The fourth-order valence-corrected chi connectivity index (χ4v) is 2.62. The second kappa shape index (κ2) is 13.0. The van der Waals surface area contributed by atoms with Crippen LogP contribution in [0.5, 0.6) is 0 Å². The Kier molecular flexibility index (Phi) is 12.6. The lowest BCUT2D eigenvalue weighted by molar-refractivity contribution is 0.787. The van der Waals surface area contributed by atoms with Crippen molar-refractivity contribution in [1.29, 1.82) is 0 Å². The summed E-state index contributed by atoms with van der Waals surface area (Å²) in [5.74, 6) is 0.870. The largest absolute Gasteiger partial charge is 0.356 e. The van der Waals surface area contributed by atoms with E-state index in [-0.39, 0.29) is 24.0 Å². The van der Waals surface area contributed by atoms with E-state index >= 15 is 0 Å². The highest BCUT2D eigenvalue weighted by atomic mass is 127. The van der Waals surface area contributed by atoms with E-state index in [4.69, 9.17) is 0 Å². The molecular formula is C16H26IN3S. The number of hydrogen-bond donors (Lipinski definition) is 2. The molecule has 1 atom stereocenters. The first-order chi connectivity index (χ1) is 9.76. The molecular weight excluding hydrogens is 393 g/mol. The molecule has 0 spiro atoms. The second-order valence-electron chi connectivity index (χ2n) is 4.48. The highest BCUT2D eigenvalue weighted by Crippen LogP contribution is 2.21. The molecule has 1 aromatic carbocycles. The first kappa shape index (κ1) is 20.3. The molecule has 0 aromatic heterocycles. The van der Waals surface area contributed by atoms with Crippen LogP contribution in [0, 0.1) is 0 Å². The lowest BCUT2D eigenvalue weighted by Crippen LogP contribution is -2.40. The molecule has 0 heterocycles. The molecule has 0 radical (unpaired) electrons. The van der Waals surface area contributed by atoms with Crippen LogP contribution in [0.1, 0.15) is 20.3 Å². The number of guanidine groups is 1. The molecule has 21 heavy (non-hydrogen) atoms. The average Bonchev–Trinajstić information content (AvgIpc) is 2.47. The number of hydrogen-bond acceptors (Lipinski definition) is 2. The summed E-state index contributed by atoms with van der Waals surface area (Å²) in [6.07, 6.45) is 5.23. The highest BCUT2D eigenvalue weighted by molar-refractivity contribution is 14.0. The van der Waals surface area contributed by atoms with Gasteiger partial charge in [-0.15, -0.1) is 35.7 Å².